The quantitative estimate of drug-likeness (QED) is 0.751. The first kappa shape index (κ1) is 16.2. The maximum atomic E-state index is 12.4. The smallest absolute Gasteiger partial charge is 0.328 e. The Morgan fingerprint density at radius 3 is 3.00 bits per heavy atom. The highest BCUT2D eigenvalue weighted by Crippen LogP contribution is 2.34. The van der Waals surface area contributed by atoms with Gasteiger partial charge in [0.2, 0.25) is 0 Å². The number of rotatable bonds is 3. The lowest BCUT2D eigenvalue weighted by Crippen LogP contribution is -2.46. The Morgan fingerprint density at radius 1 is 1.39 bits per heavy atom. The van der Waals surface area contributed by atoms with Crippen LogP contribution in [0, 0.1) is 6.92 Å². The molecule has 3 rings (SSSR count). The molecule has 2 aromatic rings. The van der Waals surface area contributed by atoms with E-state index in [1.54, 1.807) is 0 Å². The van der Waals surface area contributed by atoms with E-state index in [2.05, 4.69) is 33.0 Å². The molecule has 1 aromatic carbocycles. The Hall–Kier alpha value is -1.62. The van der Waals surface area contributed by atoms with Crippen LogP contribution in [0.2, 0.25) is 0 Å². The molecule has 2 heterocycles. The van der Waals surface area contributed by atoms with E-state index in [9.17, 15) is 4.79 Å². The normalized spacial score (nSPS) is 18.2. The van der Waals surface area contributed by atoms with Gasteiger partial charge in [-0.2, -0.15) is 0 Å². The summed E-state index contributed by atoms with van der Waals surface area (Å²) in [6, 6.07) is 7.95. The van der Waals surface area contributed by atoms with Gasteiger partial charge in [-0.25, -0.2) is 9.78 Å². The summed E-state index contributed by atoms with van der Waals surface area (Å²) < 4.78 is 6.33. The maximum absolute atomic E-state index is 12.4. The van der Waals surface area contributed by atoms with E-state index in [4.69, 9.17) is 9.72 Å². The fourth-order valence-electron chi connectivity index (χ4n) is 3.23. The van der Waals surface area contributed by atoms with Gasteiger partial charge in [0.15, 0.2) is 0 Å². The molecule has 1 unspecified atom stereocenters. The summed E-state index contributed by atoms with van der Waals surface area (Å²) in [5.74, 6) is 0.748. The molecule has 0 spiro atoms. The number of fused-ring (bicyclic) bond motifs is 1. The second kappa shape index (κ2) is 6.87. The SMILES string of the molecule is CCOC(=O)C1CCCCN1c1nc(C)cc2c(Br)cccc12. The third-order valence-corrected chi connectivity index (χ3v) is 4.95. The molecule has 0 saturated carbocycles. The number of esters is 1. The van der Waals surface area contributed by atoms with Crippen molar-refractivity contribution in [2.45, 2.75) is 39.2 Å². The fourth-order valence-corrected chi connectivity index (χ4v) is 3.72. The monoisotopic (exact) mass is 376 g/mol. The van der Waals surface area contributed by atoms with Crippen LogP contribution in [0.3, 0.4) is 0 Å². The molecule has 0 aliphatic carbocycles. The molecule has 0 bridgehead atoms. The van der Waals surface area contributed by atoms with Gasteiger partial charge in [-0.15, -0.1) is 0 Å². The van der Waals surface area contributed by atoms with Gasteiger partial charge in [0.25, 0.3) is 0 Å². The number of carbonyl (C=O) groups is 1. The van der Waals surface area contributed by atoms with E-state index in [1.165, 1.54) is 0 Å². The third kappa shape index (κ3) is 3.20. The summed E-state index contributed by atoms with van der Waals surface area (Å²) in [7, 11) is 0. The lowest BCUT2D eigenvalue weighted by Gasteiger charge is -2.35. The van der Waals surface area contributed by atoms with Gasteiger partial charge in [-0.3, -0.25) is 0 Å². The third-order valence-electron chi connectivity index (χ3n) is 4.26. The van der Waals surface area contributed by atoms with Crippen molar-refractivity contribution in [1.82, 2.24) is 4.98 Å². The van der Waals surface area contributed by atoms with Gasteiger partial charge < -0.3 is 9.64 Å². The first-order valence-corrected chi connectivity index (χ1v) is 8.90. The molecule has 1 aromatic heterocycles. The minimum absolute atomic E-state index is 0.140. The largest absolute Gasteiger partial charge is 0.464 e. The number of hydrogen-bond acceptors (Lipinski definition) is 4. The minimum Gasteiger partial charge on any atom is -0.464 e. The van der Waals surface area contributed by atoms with Gasteiger partial charge in [0, 0.05) is 27.5 Å². The Kier molecular flexibility index (Phi) is 4.85. The zero-order valence-electron chi connectivity index (χ0n) is 13.5. The van der Waals surface area contributed by atoms with Crippen LogP contribution >= 0.6 is 15.9 Å². The molecule has 1 fully saturated rings. The summed E-state index contributed by atoms with van der Waals surface area (Å²) >= 11 is 3.62. The van der Waals surface area contributed by atoms with E-state index in [0.717, 1.165) is 52.6 Å². The number of hydrogen-bond donors (Lipinski definition) is 0. The molecule has 0 amide bonds. The molecule has 1 saturated heterocycles. The van der Waals surface area contributed by atoms with Crippen LogP contribution in [0.1, 0.15) is 31.9 Å². The van der Waals surface area contributed by atoms with Crippen LogP contribution in [0.15, 0.2) is 28.7 Å². The van der Waals surface area contributed by atoms with Crippen LogP contribution in [-0.2, 0) is 9.53 Å². The van der Waals surface area contributed by atoms with Crippen LogP contribution in [0.5, 0.6) is 0 Å². The number of anilines is 1. The van der Waals surface area contributed by atoms with E-state index in [-0.39, 0.29) is 12.0 Å². The molecular formula is C18H21BrN2O2. The van der Waals surface area contributed by atoms with Crippen molar-refractivity contribution in [2.24, 2.45) is 0 Å². The molecular weight excluding hydrogens is 356 g/mol. The number of benzene rings is 1. The Balaban J connectivity index is 2.10. The van der Waals surface area contributed by atoms with Crippen molar-refractivity contribution in [3.63, 3.8) is 0 Å². The number of halogens is 1. The van der Waals surface area contributed by atoms with Gasteiger partial charge in [-0.1, -0.05) is 28.1 Å². The van der Waals surface area contributed by atoms with Crippen molar-refractivity contribution >= 4 is 38.5 Å². The van der Waals surface area contributed by atoms with Crippen LogP contribution < -0.4 is 4.90 Å². The lowest BCUT2D eigenvalue weighted by molar-refractivity contribution is -0.145. The van der Waals surface area contributed by atoms with E-state index < -0.39 is 0 Å². The van der Waals surface area contributed by atoms with Crippen molar-refractivity contribution in [2.75, 3.05) is 18.1 Å². The number of aromatic nitrogens is 1. The molecule has 0 radical (unpaired) electrons. The molecule has 0 N–H and O–H groups in total. The Bertz CT molecular complexity index is 732. The number of carbonyl (C=O) groups excluding carboxylic acids is 1. The Morgan fingerprint density at radius 2 is 2.22 bits per heavy atom. The van der Waals surface area contributed by atoms with E-state index in [0.29, 0.717) is 6.61 Å². The van der Waals surface area contributed by atoms with Gasteiger partial charge in [0.1, 0.15) is 11.9 Å². The molecule has 23 heavy (non-hydrogen) atoms. The lowest BCUT2D eigenvalue weighted by atomic mass is 10.0. The average molecular weight is 377 g/mol. The zero-order valence-corrected chi connectivity index (χ0v) is 15.1. The summed E-state index contributed by atoms with van der Waals surface area (Å²) in [6.45, 7) is 5.09. The van der Waals surface area contributed by atoms with Crippen molar-refractivity contribution in [3.05, 3.63) is 34.4 Å². The predicted octanol–water partition coefficient (Wildman–Crippen LogP) is 4.23. The van der Waals surface area contributed by atoms with Crippen LogP contribution in [0.4, 0.5) is 5.82 Å². The highest BCUT2D eigenvalue weighted by atomic mass is 79.9. The summed E-state index contributed by atoms with van der Waals surface area (Å²) in [5.41, 5.74) is 0.951. The first-order valence-electron chi connectivity index (χ1n) is 8.11. The molecule has 4 nitrogen and oxygen atoms in total. The second-order valence-electron chi connectivity index (χ2n) is 5.88. The number of pyridine rings is 1. The van der Waals surface area contributed by atoms with E-state index in [1.807, 2.05) is 26.0 Å². The van der Waals surface area contributed by atoms with Gasteiger partial charge >= 0.3 is 5.97 Å². The first-order chi connectivity index (χ1) is 11.1. The van der Waals surface area contributed by atoms with Gasteiger partial charge in [-0.05, 0) is 45.2 Å². The fraction of sp³-hybridized carbons (Fsp3) is 0.444. The standard InChI is InChI=1S/C18H21BrN2O2/c1-3-23-18(22)16-9-4-5-10-21(16)17-13-7-6-8-15(19)14(13)11-12(2)20-17/h6-8,11,16H,3-5,9-10H2,1-2H3. The number of ether oxygens (including phenoxy) is 1. The van der Waals surface area contributed by atoms with Gasteiger partial charge in [0.05, 0.1) is 6.61 Å². The number of piperidine rings is 1. The zero-order chi connectivity index (χ0) is 16.4. The minimum atomic E-state index is -0.236. The van der Waals surface area contributed by atoms with Crippen LogP contribution in [-0.4, -0.2) is 30.1 Å². The maximum Gasteiger partial charge on any atom is 0.328 e. The number of aryl methyl sites for hydroxylation is 1. The average Bonchev–Trinajstić information content (AvgIpc) is 2.55. The molecule has 122 valence electrons. The highest BCUT2D eigenvalue weighted by molar-refractivity contribution is 9.10. The molecule has 1 atom stereocenters. The van der Waals surface area contributed by atoms with E-state index >= 15 is 0 Å². The van der Waals surface area contributed by atoms with Crippen molar-refractivity contribution < 1.29 is 9.53 Å². The molecule has 1 aliphatic heterocycles. The van der Waals surface area contributed by atoms with Crippen molar-refractivity contribution in [3.8, 4) is 0 Å². The predicted molar refractivity (Wildman–Crippen MR) is 95.8 cm³/mol. The van der Waals surface area contributed by atoms with Crippen molar-refractivity contribution in [1.29, 1.82) is 0 Å². The Labute approximate surface area is 145 Å². The summed E-state index contributed by atoms with van der Waals surface area (Å²) in [6.07, 6.45) is 2.94. The molecule has 1 aliphatic rings. The highest BCUT2D eigenvalue weighted by Gasteiger charge is 2.31. The molecule has 5 heteroatoms. The topological polar surface area (TPSA) is 42.4 Å². The summed E-state index contributed by atoms with van der Waals surface area (Å²) in [4.78, 5) is 19.3. The second-order valence-corrected chi connectivity index (χ2v) is 6.73. The number of nitrogens with zero attached hydrogens (tertiary/aromatic N) is 2. The van der Waals surface area contributed by atoms with Crippen LogP contribution in [0.25, 0.3) is 10.8 Å². The summed E-state index contributed by atoms with van der Waals surface area (Å²) in [5, 5.41) is 2.20.